The molecule has 0 aliphatic carbocycles. The fourth-order valence-electron chi connectivity index (χ4n) is 1.73. The van der Waals surface area contributed by atoms with Crippen molar-refractivity contribution in [2.24, 2.45) is 11.8 Å². The van der Waals surface area contributed by atoms with Crippen LogP contribution in [0.25, 0.3) is 0 Å². The van der Waals surface area contributed by atoms with Gasteiger partial charge < -0.3 is 10.4 Å². The Hall–Kier alpha value is -1.49. The third-order valence-electron chi connectivity index (χ3n) is 3.52. The number of carbonyl (C=O) groups is 1. The molecule has 0 heterocycles. The number of alkyl halides is 2. The number of hydrogen-bond acceptors (Lipinski definition) is 2. The van der Waals surface area contributed by atoms with Crippen LogP contribution in [-0.4, -0.2) is 23.0 Å². The van der Waals surface area contributed by atoms with Crippen molar-refractivity contribution >= 4 is 5.91 Å². The highest BCUT2D eigenvalue weighted by atomic mass is 19.3. The van der Waals surface area contributed by atoms with Crippen molar-refractivity contribution in [1.29, 1.82) is 0 Å². The molecule has 1 aromatic rings. The number of nitrogens with one attached hydrogen (secondary N) is 1. The largest absolute Gasteiger partial charge is 0.386 e. The van der Waals surface area contributed by atoms with Gasteiger partial charge in [-0.1, -0.05) is 51.1 Å². The first-order chi connectivity index (χ1) is 9.26. The van der Waals surface area contributed by atoms with E-state index in [0.29, 0.717) is 0 Å². The molecule has 0 bridgehead atoms. The van der Waals surface area contributed by atoms with Gasteiger partial charge in [-0.25, -0.2) is 0 Å². The highest BCUT2D eigenvalue weighted by Crippen LogP contribution is 2.28. The van der Waals surface area contributed by atoms with E-state index in [-0.39, 0.29) is 12.5 Å². The number of halogens is 2. The van der Waals surface area contributed by atoms with E-state index in [2.05, 4.69) is 5.32 Å². The number of aliphatic hydroxyl groups is 1. The highest BCUT2D eigenvalue weighted by molar-refractivity contribution is 5.84. The summed E-state index contributed by atoms with van der Waals surface area (Å²) in [4.78, 5) is 11.6. The minimum absolute atomic E-state index is 0.0119. The first kappa shape index (κ1) is 16.6. The van der Waals surface area contributed by atoms with Crippen molar-refractivity contribution in [2.75, 3.05) is 0 Å². The van der Waals surface area contributed by atoms with Crippen LogP contribution in [0.15, 0.2) is 30.3 Å². The Labute approximate surface area is 118 Å². The minimum atomic E-state index is -3.79. The summed E-state index contributed by atoms with van der Waals surface area (Å²) in [7, 11) is 0. The lowest BCUT2D eigenvalue weighted by Crippen LogP contribution is -2.51. The van der Waals surface area contributed by atoms with E-state index in [1.54, 1.807) is 44.2 Å². The van der Waals surface area contributed by atoms with Crippen LogP contribution >= 0.6 is 0 Å². The number of carbonyl (C=O) groups excluding carboxylic acids is 1. The monoisotopic (exact) mass is 285 g/mol. The van der Waals surface area contributed by atoms with Gasteiger partial charge in [0, 0.05) is 6.54 Å². The van der Waals surface area contributed by atoms with Gasteiger partial charge in [0.1, 0.15) is 6.10 Å². The second kappa shape index (κ2) is 6.79. The van der Waals surface area contributed by atoms with Crippen LogP contribution in [0.4, 0.5) is 8.78 Å². The summed E-state index contributed by atoms with van der Waals surface area (Å²) in [5, 5.41) is 11.8. The lowest BCUT2D eigenvalue weighted by Gasteiger charge is -2.28. The van der Waals surface area contributed by atoms with Crippen LogP contribution in [0.1, 0.15) is 26.3 Å². The maximum Gasteiger partial charge on any atom is 0.349 e. The van der Waals surface area contributed by atoms with Crippen LogP contribution in [0, 0.1) is 11.8 Å². The molecule has 112 valence electrons. The summed E-state index contributed by atoms with van der Waals surface area (Å²) in [6, 6.07) is 8.77. The fourth-order valence-corrected chi connectivity index (χ4v) is 1.73. The molecular formula is C15H21F2NO2. The van der Waals surface area contributed by atoms with Gasteiger partial charge in [-0.2, -0.15) is 8.78 Å². The summed E-state index contributed by atoms with van der Waals surface area (Å²) >= 11 is 0. The number of aliphatic hydroxyl groups excluding tert-OH is 1. The maximum atomic E-state index is 13.9. The average molecular weight is 285 g/mol. The van der Waals surface area contributed by atoms with E-state index in [1.165, 1.54) is 6.92 Å². The van der Waals surface area contributed by atoms with Crippen molar-refractivity contribution in [2.45, 2.75) is 39.3 Å². The molecule has 0 spiro atoms. The summed E-state index contributed by atoms with van der Waals surface area (Å²) < 4.78 is 27.7. The molecule has 3 nitrogen and oxygen atoms in total. The smallest absolute Gasteiger partial charge is 0.349 e. The van der Waals surface area contributed by atoms with Crippen molar-refractivity contribution in [3.8, 4) is 0 Å². The minimum Gasteiger partial charge on any atom is -0.386 e. The van der Waals surface area contributed by atoms with E-state index in [4.69, 9.17) is 0 Å². The summed E-state index contributed by atoms with van der Waals surface area (Å²) in [5.74, 6) is -6.05. The van der Waals surface area contributed by atoms with Gasteiger partial charge in [-0.15, -0.1) is 0 Å². The number of benzene rings is 1. The quantitative estimate of drug-likeness (QED) is 0.844. The topological polar surface area (TPSA) is 49.3 Å². The molecular weight excluding hydrogens is 264 g/mol. The molecule has 2 unspecified atom stereocenters. The zero-order valence-corrected chi connectivity index (χ0v) is 11.9. The van der Waals surface area contributed by atoms with Gasteiger partial charge in [-0.3, -0.25) is 4.79 Å². The molecule has 1 rings (SSSR count). The molecule has 0 radical (unpaired) electrons. The van der Waals surface area contributed by atoms with Crippen LogP contribution in [-0.2, 0) is 11.3 Å². The Kier molecular flexibility index (Phi) is 5.62. The predicted octanol–water partition coefficient (Wildman–Crippen LogP) is 2.59. The van der Waals surface area contributed by atoms with E-state index < -0.39 is 23.9 Å². The molecule has 0 aliphatic heterocycles. The Morgan fingerprint density at radius 1 is 1.25 bits per heavy atom. The SMILES string of the molecule is CC(C)C(C)C(O)C(F)(F)C(=O)NCc1ccccc1. The second-order valence-corrected chi connectivity index (χ2v) is 5.34. The van der Waals surface area contributed by atoms with Crippen LogP contribution in [0.5, 0.6) is 0 Å². The van der Waals surface area contributed by atoms with Crippen molar-refractivity contribution in [3.05, 3.63) is 35.9 Å². The predicted molar refractivity (Wildman–Crippen MR) is 73.2 cm³/mol. The molecule has 20 heavy (non-hydrogen) atoms. The van der Waals surface area contributed by atoms with Gasteiger partial charge in [0.2, 0.25) is 0 Å². The van der Waals surface area contributed by atoms with Crippen molar-refractivity contribution in [1.82, 2.24) is 5.32 Å². The zero-order chi connectivity index (χ0) is 15.3. The lowest BCUT2D eigenvalue weighted by atomic mass is 9.88. The summed E-state index contributed by atoms with van der Waals surface area (Å²) in [6.07, 6.45) is -1.99. The van der Waals surface area contributed by atoms with Crippen LogP contribution < -0.4 is 5.32 Å². The average Bonchev–Trinajstić information content (AvgIpc) is 2.43. The third-order valence-corrected chi connectivity index (χ3v) is 3.52. The molecule has 0 aliphatic rings. The highest BCUT2D eigenvalue weighted by Gasteiger charge is 2.49. The second-order valence-electron chi connectivity index (χ2n) is 5.34. The van der Waals surface area contributed by atoms with Crippen LogP contribution in [0.3, 0.4) is 0 Å². The van der Waals surface area contributed by atoms with Gasteiger partial charge in [0.05, 0.1) is 0 Å². The molecule has 0 saturated carbocycles. The molecule has 2 N–H and O–H groups in total. The Morgan fingerprint density at radius 2 is 1.80 bits per heavy atom. The van der Waals surface area contributed by atoms with Gasteiger partial charge in [0.25, 0.3) is 5.91 Å². The van der Waals surface area contributed by atoms with E-state index in [9.17, 15) is 18.7 Å². The first-order valence-corrected chi connectivity index (χ1v) is 6.65. The zero-order valence-electron chi connectivity index (χ0n) is 11.9. The molecule has 0 aromatic heterocycles. The number of rotatable bonds is 6. The van der Waals surface area contributed by atoms with E-state index >= 15 is 0 Å². The fraction of sp³-hybridized carbons (Fsp3) is 0.533. The Balaban J connectivity index is 2.65. The normalized spacial score (nSPS) is 14.9. The third kappa shape index (κ3) is 4.00. The van der Waals surface area contributed by atoms with Gasteiger partial charge in [-0.05, 0) is 17.4 Å². The molecule has 1 amide bonds. The van der Waals surface area contributed by atoms with Crippen molar-refractivity contribution < 1.29 is 18.7 Å². The maximum absolute atomic E-state index is 13.9. The number of amides is 1. The molecule has 2 atom stereocenters. The molecule has 5 heteroatoms. The Morgan fingerprint density at radius 3 is 2.30 bits per heavy atom. The molecule has 1 aromatic carbocycles. The standard InChI is InChI=1S/C15H21F2NO2/c1-10(2)11(3)13(19)15(16,17)14(20)18-9-12-7-5-4-6-8-12/h4-8,10-11,13,19H,9H2,1-3H3,(H,18,20). The van der Waals surface area contributed by atoms with Gasteiger partial charge >= 0.3 is 5.92 Å². The number of hydrogen-bond donors (Lipinski definition) is 2. The Bertz CT molecular complexity index is 435. The van der Waals surface area contributed by atoms with Gasteiger partial charge in [0.15, 0.2) is 0 Å². The summed E-state index contributed by atoms with van der Waals surface area (Å²) in [5.41, 5.74) is 0.725. The summed E-state index contributed by atoms with van der Waals surface area (Å²) in [6.45, 7) is 4.98. The van der Waals surface area contributed by atoms with E-state index in [0.717, 1.165) is 5.56 Å². The molecule has 0 saturated heterocycles. The van der Waals surface area contributed by atoms with E-state index in [1.807, 2.05) is 0 Å². The molecule has 0 fully saturated rings. The van der Waals surface area contributed by atoms with Crippen molar-refractivity contribution in [3.63, 3.8) is 0 Å². The van der Waals surface area contributed by atoms with Crippen LogP contribution in [0.2, 0.25) is 0 Å². The first-order valence-electron chi connectivity index (χ1n) is 6.65. The lowest BCUT2D eigenvalue weighted by molar-refractivity contribution is -0.171.